The van der Waals surface area contributed by atoms with Crippen LogP contribution in [0.3, 0.4) is 0 Å². The van der Waals surface area contributed by atoms with Crippen LogP contribution in [0.1, 0.15) is 12.7 Å². The van der Waals surface area contributed by atoms with Crippen LogP contribution in [-0.2, 0) is 9.59 Å². The maximum absolute atomic E-state index is 12.2. The minimum absolute atomic E-state index is 0.191. The zero-order valence-electron chi connectivity index (χ0n) is 14.0. The van der Waals surface area contributed by atoms with Crippen LogP contribution in [0.25, 0.3) is 0 Å². The largest absolute Gasteiger partial charge is 0.497 e. The molecule has 0 saturated heterocycles. The van der Waals surface area contributed by atoms with Gasteiger partial charge in [-0.15, -0.1) is 0 Å². The summed E-state index contributed by atoms with van der Waals surface area (Å²) in [5.74, 6) is 1.17. The van der Waals surface area contributed by atoms with Crippen molar-refractivity contribution in [3.8, 4) is 11.5 Å². The molecule has 24 heavy (non-hydrogen) atoms. The lowest BCUT2D eigenvalue weighted by atomic mass is 10.2. The Morgan fingerprint density at radius 2 is 2.00 bits per heavy atom. The molecule has 2 aromatic rings. The number of hydrogen-bond acceptors (Lipinski definition) is 6. The molecule has 8 nitrogen and oxygen atoms in total. The molecule has 0 spiro atoms. The molecule has 1 N–H and O–H groups in total. The number of benzene rings is 1. The van der Waals surface area contributed by atoms with Crippen LogP contribution in [0.15, 0.2) is 28.8 Å². The molecule has 2 rings (SSSR count). The zero-order chi connectivity index (χ0) is 17.7. The normalized spacial score (nSPS) is 10.2. The number of nitrogens with zero attached hydrogens (tertiary/aromatic N) is 2. The lowest BCUT2D eigenvalue weighted by Gasteiger charge is -2.23. The van der Waals surface area contributed by atoms with Gasteiger partial charge >= 0.3 is 0 Å². The topological polar surface area (TPSA) is 93.9 Å². The fraction of sp³-hybridized carbons (Fsp3) is 0.312. The third-order valence-electron chi connectivity index (χ3n) is 3.25. The van der Waals surface area contributed by atoms with Crippen LogP contribution in [0.5, 0.6) is 11.5 Å². The van der Waals surface area contributed by atoms with Crippen molar-refractivity contribution in [1.82, 2.24) is 5.16 Å². The zero-order valence-corrected chi connectivity index (χ0v) is 14.0. The fourth-order valence-corrected chi connectivity index (χ4v) is 2.13. The van der Waals surface area contributed by atoms with Gasteiger partial charge in [0, 0.05) is 19.1 Å². The van der Waals surface area contributed by atoms with E-state index in [-0.39, 0.29) is 12.5 Å². The number of hydrogen-bond donors (Lipinski definition) is 1. The predicted molar refractivity (Wildman–Crippen MR) is 87.4 cm³/mol. The van der Waals surface area contributed by atoms with Gasteiger partial charge < -0.3 is 19.3 Å². The summed E-state index contributed by atoms with van der Waals surface area (Å²) in [6.45, 7) is 2.90. The summed E-state index contributed by atoms with van der Waals surface area (Å²) in [4.78, 5) is 25.5. The second-order valence-electron chi connectivity index (χ2n) is 5.01. The molecule has 1 heterocycles. The number of aromatic nitrogens is 1. The van der Waals surface area contributed by atoms with Crippen LogP contribution in [0.2, 0.25) is 0 Å². The molecule has 2 amide bonds. The third-order valence-corrected chi connectivity index (χ3v) is 3.25. The number of methoxy groups -OCH3 is 2. The van der Waals surface area contributed by atoms with Crippen LogP contribution >= 0.6 is 0 Å². The van der Waals surface area contributed by atoms with Gasteiger partial charge in [0.15, 0.2) is 5.82 Å². The lowest BCUT2D eigenvalue weighted by Crippen LogP contribution is -2.37. The molecule has 1 aromatic carbocycles. The average molecular weight is 333 g/mol. The Morgan fingerprint density at radius 1 is 1.25 bits per heavy atom. The number of ether oxygens (including phenoxy) is 2. The van der Waals surface area contributed by atoms with Crippen LogP contribution in [-0.4, -0.2) is 37.7 Å². The maximum Gasteiger partial charge on any atom is 0.245 e. The van der Waals surface area contributed by atoms with Crippen LogP contribution < -0.4 is 19.7 Å². The van der Waals surface area contributed by atoms with Crippen LogP contribution in [0, 0.1) is 6.92 Å². The molecule has 0 radical (unpaired) electrons. The van der Waals surface area contributed by atoms with Crippen molar-refractivity contribution in [3.63, 3.8) is 0 Å². The number of aryl methyl sites for hydroxylation is 1. The summed E-state index contributed by atoms with van der Waals surface area (Å²) in [5.41, 5.74) is 0.470. The first kappa shape index (κ1) is 17.3. The van der Waals surface area contributed by atoms with Gasteiger partial charge in [-0.05, 0) is 19.1 Å². The van der Waals surface area contributed by atoms with Crippen molar-refractivity contribution < 1.29 is 23.6 Å². The van der Waals surface area contributed by atoms with E-state index in [0.29, 0.717) is 28.8 Å². The van der Waals surface area contributed by atoms with Crippen molar-refractivity contribution in [1.29, 1.82) is 0 Å². The third kappa shape index (κ3) is 4.03. The number of amides is 2. The van der Waals surface area contributed by atoms with Gasteiger partial charge in [0.1, 0.15) is 23.8 Å². The Hall–Kier alpha value is -3.03. The van der Waals surface area contributed by atoms with E-state index in [1.165, 1.54) is 26.0 Å². The monoisotopic (exact) mass is 333 g/mol. The van der Waals surface area contributed by atoms with E-state index in [0.717, 1.165) is 0 Å². The van der Waals surface area contributed by atoms with E-state index < -0.39 is 5.91 Å². The smallest absolute Gasteiger partial charge is 0.245 e. The lowest BCUT2D eigenvalue weighted by molar-refractivity contribution is -0.120. The average Bonchev–Trinajstić information content (AvgIpc) is 2.96. The van der Waals surface area contributed by atoms with Crippen molar-refractivity contribution in [2.24, 2.45) is 0 Å². The highest BCUT2D eigenvalue weighted by Crippen LogP contribution is 2.32. The quantitative estimate of drug-likeness (QED) is 0.869. The van der Waals surface area contributed by atoms with E-state index in [4.69, 9.17) is 14.0 Å². The molecule has 0 fully saturated rings. The van der Waals surface area contributed by atoms with Gasteiger partial charge in [0.25, 0.3) is 0 Å². The number of rotatable bonds is 6. The molecule has 0 bridgehead atoms. The molecule has 0 atom stereocenters. The first-order chi connectivity index (χ1) is 11.4. The highest BCUT2D eigenvalue weighted by molar-refractivity contribution is 6.02. The van der Waals surface area contributed by atoms with Gasteiger partial charge in [-0.25, -0.2) is 0 Å². The Bertz CT molecular complexity index is 741. The molecule has 128 valence electrons. The predicted octanol–water partition coefficient (Wildman–Crippen LogP) is 1.99. The van der Waals surface area contributed by atoms with E-state index in [9.17, 15) is 9.59 Å². The van der Waals surface area contributed by atoms with Crippen molar-refractivity contribution in [3.05, 3.63) is 30.0 Å². The fourth-order valence-electron chi connectivity index (χ4n) is 2.13. The summed E-state index contributed by atoms with van der Waals surface area (Å²) in [5, 5.41) is 6.26. The Balaban J connectivity index is 2.20. The molecule has 1 aromatic heterocycles. The van der Waals surface area contributed by atoms with E-state index >= 15 is 0 Å². The SMILES string of the molecule is COc1ccc(N(CC(=O)Nc2cc(C)on2)C(C)=O)c(OC)c1. The van der Waals surface area contributed by atoms with Crippen molar-refractivity contribution in [2.75, 3.05) is 31.0 Å². The maximum atomic E-state index is 12.2. The molecule has 0 aliphatic rings. The van der Waals surface area contributed by atoms with Crippen molar-refractivity contribution >= 4 is 23.3 Å². The first-order valence-corrected chi connectivity index (χ1v) is 7.18. The summed E-state index contributed by atoms with van der Waals surface area (Å²) >= 11 is 0. The second-order valence-corrected chi connectivity index (χ2v) is 5.01. The van der Waals surface area contributed by atoms with Gasteiger partial charge in [-0.3, -0.25) is 14.5 Å². The minimum atomic E-state index is -0.406. The first-order valence-electron chi connectivity index (χ1n) is 7.18. The summed E-state index contributed by atoms with van der Waals surface area (Å²) in [6, 6.07) is 6.58. The molecular weight excluding hydrogens is 314 g/mol. The van der Waals surface area contributed by atoms with Gasteiger partial charge in [-0.1, -0.05) is 5.16 Å². The minimum Gasteiger partial charge on any atom is -0.497 e. The number of nitrogens with one attached hydrogen (secondary N) is 1. The summed E-state index contributed by atoms with van der Waals surface area (Å²) in [6.07, 6.45) is 0. The highest BCUT2D eigenvalue weighted by Gasteiger charge is 2.20. The van der Waals surface area contributed by atoms with Gasteiger partial charge in [-0.2, -0.15) is 0 Å². The Kier molecular flexibility index (Phi) is 5.41. The number of anilines is 2. The number of carbonyl (C=O) groups excluding carboxylic acids is 2. The Morgan fingerprint density at radius 3 is 2.54 bits per heavy atom. The molecule has 0 saturated carbocycles. The molecule has 0 aliphatic carbocycles. The molecule has 0 unspecified atom stereocenters. The van der Waals surface area contributed by atoms with Gasteiger partial charge in [0.05, 0.1) is 19.9 Å². The van der Waals surface area contributed by atoms with E-state index in [1.54, 1.807) is 31.2 Å². The summed E-state index contributed by atoms with van der Waals surface area (Å²) < 4.78 is 15.3. The molecular formula is C16H19N3O5. The molecule has 8 heteroatoms. The molecule has 0 aliphatic heterocycles. The standard InChI is InChI=1S/C16H19N3O5/c1-10-7-15(18-24-10)17-16(21)9-19(11(2)20)13-6-5-12(22-3)8-14(13)23-4/h5-8H,9H2,1-4H3,(H,17,18,21). The Labute approximate surface area is 139 Å². The van der Waals surface area contributed by atoms with E-state index in [1.807, 2.05) is 0 Å². The van der Waals surface area contributed by atoms with E-state index in [2.05, 4.69) is 10.5 Å². The number of carbonyl (C=O) groups is 2. The van der Waals surface area contributed by atoms with Gasteiger partial charge in [0.2, 0.25) is 11.8 Å². The van der Waals surface area contributed by atoms with Crippen molar-refractivity contribution in [2.45, 2.75) is 13.8 Å². The summed E-state index contributed by atoms with van der Waals surface area (Å²) in [7, 11) is 3.01. The highest BCUT2D eigenvalue weighted by atomic mass is 16.5. The van der Waals surface area contributed by atoms with Crippen LogP contribution in [0.4, 0.5) is 11.5 Å². The second kappa shape index (κ2) is 7.49.